The van der Waals surface area contributed by atoms with E-state index in [1.807, 2.05) is 12.1 Å². The topological polar surface area (TPSA) is 64.6 Å². The molecule has 0 aliphatic carbocycles. The second-order valence-electron chi connectivity index (χ2n) is 5.31. The Morgan fingerprint density at radius 2 is 1.46 bits per heavy atom. The normalized spacial score (nSPS) is 11.0. The molecule has 26 heavy (non-hydrogen) atoms. The van der Waals surface area contributed by atoms with Gasteiger partial charge in [-0.15, -0.1) is 0 Å². The average Bonchev–Trinajstić information content (AvgIpc) is 2.64. The van der Waals surface area contributed by atoms with E-state index in [-0.39, 0.29) is 0 Å². The first-order chi connectivity index (χ1) is 12.5. The third-order valence-corrected chi connectivity index (χ3v) is 4.94. The van der Waals surface area contributed by atoms with Crippen LogP contribution in [0.1, 0.15) is 0 Å². The van der Waals surface area contributed by atoms with Gasteiger partial charge >= 0.3 is 0 Å². The van der Waals surface area contributed by atoms with Crippen LogP contribution < -0.4 is 14.2 Å². The molecular formula is C19H16FNO4S. The Morgan fingerprint density at radius 1 is 0.846 bits per heavy atom. The van der Waals surface area contributed by atoms with Gasteiger partial charge in [0.2, 0.25) is 0 Å². The van der Waals surface area contributed by atoms with Gasteiger partial charge in [-0.3, -0.25) is 4.72 Å². The summed E-state index contributed by atoms with van der Waals surface area (Å²) < 4.78 is 51.6. The van der Waals surface area contributed by atoms with Gasteiger partial charge in [-0.2, -0.15) is 0 Å². The lowest BCUT2D eigenvalue weighted by Crippen LogP contribution is -2.14. The Bertz CT molecular complexity index is 1000. The number of hydrogen-bond acceptors (Lipinski definition) is 4. The number of methoxy groups -OCH3 is 1. The molecule has 0 saturated carbocycles. The van der Waals surface area contributed by atoms with Crippen molar-refractivity contribution in [3.05, 3.63) is 78.6 Å². The molecule has 0 unspecified atom stereocenters. The van der Waals surface area contributed by atoms with Crippen LogP contribution in [0.2, 0.25) is 0 Å². The summed E-state index contributed by atoms with van der Waals surface area (Å²) in [7, 11) is -2.47. The number of sulfonamides is 1. The van der Waals surface area contributed by atoms with Gasteiger partial charge in [-0.05, 0) is 48.5 Å². The number of halogens is 1. The van der Waals surface area contributed by atoms with Crippen LogP contribution in [0.3, 0.4) is 0 Å². The highest BCUT2D eigenvalue weighted by atomic mass is 32.2. The first-order valence-electron chi connectivity index (χ1n) is 7.68. The molecule has 134 valence electrons. The average molecular weight is 373 g/mol. The molecule has 3 aromatic carbocycles. The van der Waals surface area contributed by atoms with Crippen molar-refractivity contribution in [3.63, 3.8) is 0 Å². The van der Waals surface area contributed by atoms with Gasteiger partial charge in [0, 0.05) is 5.69 Å². The maximum absolute atomic E-state index is 13.7. The highest BCUT2D eigenvalue weighted by Crippen LogP contribution is 2.31. The fourth-order valence-electron chi connectivity index (χ4n) is 2.29. The highest BCUT2D eigenvalue weighted by Gasteiger charge is 2.18. The Kier molecular flexibility index (Phi) is 5.09. The summed E-state index contributed by atoms with van der Waals surface area (Å²) in [4.78, 5) is -0.408. The van der Waals surface area contributed by atoms with Crippen LogP contribution in [0.25, 0.3) is 0 Å². The van der Waals surface area contributed by atoms with Gasteiger partial charge in [0.15, 0.2) is 11.5 Å². The summed E-state index contributed by atoms with van der Waals surface area (Å²) in [5.41, 5.74) is 0.292. The van der Waals surface area contributed by atoms with Crippen LogP contribution in [0.15, 0.2) is 77.7 Å². The van der Waals surface area contributed by atoms with Crippen LogP contribution in [-0.2, 0) is 10.0 Å². The molecule has 0 aromatic heterocycles. The van der Waals surface area contributed by atoms with E-state index in [9.17, 15) is 12.8 Å². The minimum atomic E-state index is -4.01. The summed E-state index contributed by atoms with van der Waals surface area (Å²) in [5, 5.41) is 0. The molecule has 0 amide bonds. The minimum absolute atomic E-state index is 0.292. The van der Waals surface area contributed by atoms with Crippen LogP contribution in [0.4, 0.5) is 10.1 Å². The lowest BCUT2D eigenvalue weighted by atomic mass is 10.3. The van der Waals surface area contributed by atoms with Crippen molar-refractivity contribution in [2.45, 2.75) is 4.90 Å². The number of anilines is 1. The Morgan fingerprint density at radius 3 is 2.12 bits per heavy atom. The molecule has 7 heteroatoms. The Balaban J connectivity index is 1.77. The molecule has 5 nitrogen and oxygen atoms in total. The molecule has 1 N–H and O–H groups in total. The van der Waals surface area contributed by atoms with E-state index in [1.165, 1.54) is 30.3 Å². The Hall–Kier alpha value is -3.06. The molecule has 0 fully saturated rings. The third-order valence-electron chi connectivity index (χ3n) is 3.53. The molecule has 0 atom stereocenters. The van der Waals surface area contributed by atoms with E-state index in [2.05, 4.69) is 4.72 Å². The van der Waals surface area contributed by atoms with E-state index in [0.717, 1.165) is 6.07 Å². The second kappa shape index (κ2) is 7.45. The van der Waals surface area contributed by atoms with Gasteiger partial charge in [-0.25, -0.2) is 12.8 Å². The number of rotatable bonds is 6. The number of nitrogens with one attached hydrogen (secondary N) is 1. The van der Waals surface area contributed by atoms with Gasteiger partial charge in [-0.1, -0.05) is 24.3 Å². The van der Waals surface area contributed by atoms with Gasteiger partial charge < -0.3 is 9.47 Å². The molecule has 3 aromatic rings. The fourth-order valence-corrected chi connectivity index (χ4v) is 3.43. The Labute approximate surface area is 151 Å². The zero-order valence-corrected chi connectivity index (χ0v) is 14.7. The maximum Gasteiger partial charge on any atom is 0.264 e. The monoisotopic (exact) mass is 373 g/mol. The number of ether oxygens (including phenoxy) is 2. The zero-order valence-electron chi connectivity index (χ0n) is 13.8. The van der Waals surface area contributed by atoms with Crippen LogP contribution in [-0.4, -0.2) is 15.5 Å². The lowest BCUT2D eigenvalue weighted by molar-refractivity contribution is 0.379. The van der Waals surface area contributed by atoms with Gasteiger partial charge in [0.05, 0.1) is 7.11 Å². The highest BCUT2D eigenvalue weighted by molar-refractivity contribution is 7.92. The van der Waals surface area contributed by atoms with Crippen molar-refractivity contribution in [3.8, 4) is 17.2 Å². The summed E-state index contributed by atoms with van der Waals surface area (Å²) in [5.74, 6) is 0.811. The molecule has 0 spiro atoms. The van der Waals surface area contributed by atoms with Crippen molar-refractivity contribution >= 4 is 15.7 Å². The molecular weight excluding hydrogens is 357 g/mol. The maximum atomic E-state index is 13.7. The smallest absolute Gasteiger partial charge is 0.264 e. The number of benzene rings is 3. The summed E-state index contributed by atoms with van der Waals surface area (Å²) in [6, 6.07) is 18.6. The first-order valence-corrected chi connectivity index (χ1v) is 9.16. The van der Waals surface area contributed by atoms with Crippen LogP contribution >= 0.6 is 0 Å². The van der Waals surface area contributed by atoms with Crippen molar-refractivity contribution in [2.24, 2.45) is 0 Å². The third kappa shape index (κ3) is 3.94. The van der Waals surface area contributed by atoms with E-state index in [0.29, 0.717) is 22.9 Å². The summed E-state index contributed by atoms with van der Waals surface area (Å²) in [6.45, 7) is 0. The predicted octanol–water partition coefficient (Wildman–Crippen LogP) is 4.43. The lowest BCUT2D eigenvalue weighted by Gasteiger charge is -2.11. The van der Waals surface area contributed by atoms with E-state index < -0.39 is 20.7 Å². The molecule has 0 bridgehead atoms. The molecule has 0 aliphatic heterocycles. The zero-order chi connectivity index (χ0) is 18.6. The van der Waals surface area contributed by atoms with Crippen molar-refractivity contribution in [2.75, 3.05) is 11.8 Å². The largest absolute Gasteiger partial charge is 0.493 e. The van der Waals surface area contributed by atoms with Crippen LogP contribution in [0, 0.1) is 5.82 Å². The summed E-state index contributed by atoms with van der Waals surface area (Å²) in [6.07, 6.45) is 0. The SMILES string of the molecule is COc1ccccc1Oc1ccc(NS(=O)(=O)c2ccccc2F)cc1. The van der Waals surface area contributed by atoms with E-state index in [1.54, 1.807) is 31.4 Å². The number of hydrogen-bond donors (Lipinski definition) is 1. The van der Waals surface area contributed by atoms with Gasteiger partial charge in [0.1, 0.15) is 16.5 Å². The first kappa shape index (κ1) is 17.8. The quantitative estimate of drug-likeness (QED) is 0.694. The van der Waals surface area contributed by atoms with Crippen LogP contribution in [0.5, 0.6) is 17.2 Å². The van der Waals surface area contributed by atoms with Crippen molar-refractivity contribution in [1.29, 1.82) is 0 Å². The summed E-state index contributed by atoms with van der Waals surface area (Å²) >= 11 is 0. The molecule has 0 saturated heterocycles. The standard InChI is InChI=1S/C19H16FNO4S/c1-24-17-7-3-4-8-18(17)25-15-12-10-14(11-13-15)21-26(22,23)19-9-5-2-6-16(19)20/h2-13,21H,1H3. The second-order valence-corrected chi connectivity index (χ2v) is 6.96. The molecule has 0 heterocycles. The molecule has 0 aliphatic rings. The minimum Gasteiger partial charge on any atom is -0.493 e. The number of para-hydroxylation sites is 2. The van der Waals surface area contributed by atoms with Gasteiger partial charge in [0.25, 0.3) is 10.0 Å². The van der Waals surface area contributed by atoms with E-state index >= 15 is 0 Å². The predicted molar refractivity (Wildman–Crippen MR) is 96.7 cm³/mol. The fraction of sp³-hybridized carbons (Fsp3) is 0.0526. The van der Waals surface area contributed by atoms with Crippen molar-refractivity contribution in [1.82, 2.24) is 0 Å². The molecule has 3 rings (SSSR count). The molecule has 0 radical (unpaired) electrons. The van der Waals surface area contributed by atoms with E-state index in [4.69, 9.17) is 9.47 Å². The van der Waals surface area contributed by atoms with Crippen molar-refractivity contribution < 1.29 is 22.3 Å².